The molecular formula is C11H14ClNO. The van der Waals surface area contributed by atoms with Crippen LogP contribution in [0.5, 0.6) is 0 Å². The van der Waals surface area contributed by atoms with Crippen LogP contribution in [0.3, 0.4) is 0 Å². The van der Waals surface area contributed by atoms with Gasteiger partial charge in [-0.2, -0.15) is 0 Å². The number of hydrogen-bond acceptors (Lipinski definition) is 1. The summed E-state index contributed by atoms with van der Waals surface area (Å²) in [6.07, 6.45) is 0. The second-order valence-corrected chi connectivity index (χ2v) is 3.70. The van der Waals surface area contributed by atoms with E-state index in [1.165, 1.54) is 5.56 Å². The van der Waals surface area contributed by atoms with E-state index in [-0.39, 0.29) is 11.8 Å². The molecule has 2 nitrogen and oxygen atoms in total. The van der Waals surface area contributed by atoms with E-state index < -0.39 is 0 Å². The first kappa shape index (κ1) is 11.1. The van der Waals surface area contributed by atoms with E-state index in [9.17, 15) is 4.79 Å². The third-order valence-electron chi connectivity index (χ3n) is 2.21. The largest absolute Gasteiger partial charge is 0.325 e. The zero-order valence-electron chi connectivity index (χ0n) is 8.65. The number of halogens is 1. The van der Waals surface area contributed by atoms with Crippen molar-refractivity contribution >= 4 is 23.2 Å². The van der Waals surface area contributed by atoms with Gasteiger partial charge in [0.15, 0.2) is 0 Å². The molecule has 1 aromatic rings. The van der Waals surface area contributed by atoms with Gasteiger partial charge in [-0.05, 0) is 43.5 Å². The molecule has 0 aliphatic carbocycles. The fourth-order valence-electron chi connectivity index (χ4n) is 1.35. The van der Waals surface area contributed by atoms with E-state index in [1.807, 2.05) is 26.8 Å². The Balaban J connectivity index is 3.02. The number of anilines is 1. The molecule has 14 heavy (non-hydrogen) atoms. The topological polar surface area (TPSA) is 29.1 Å². The zero-order chi connectivity index (χ0) is 10.7. The summed E-state index contributed by atoms with van der Waals surface area (Å²) in [5.74, 6) is -0.174. The van der Waals surface area contributed by atoms with E-state index in [1.54, 1.807) is 0 Å². The fourth-order valence-corrected chi connectivity index (χ4v) is 1.42. The van der Waals surface area contributed by atoms with Crippen molar-refractivity contribution in [3.8, 4) is 0 Å². The molecule has 3 heteroatoms. The smallest absolute Gasteiger partial charge is 0.239 e. The summed E-state index contributed by atoms with van der Waals surface area (Å²) in [5.41, 5.74) is 4.26. The summed E-state index contributed by atoms with van der Waals surface area (Å²) in [4.78, 5) is 11.1. The van der Waals surface area contributed by atoms with Gasteiger partial charge in [-0.15, -0.1) is 11.6 Å². The Labute approximate surface area is 89.3 Å². The van der Waals surface area contributed by atoms with E-state index in [2.05, 4.69) is 11.4 Å². The van der Waals surface area contributed by atoms with E-state index in [0.29, 0.717) is 0 Å². The second kappa shape index (κ2) is 4.47. The van der Waals surface area contributed by atoms with E-state index in [4.69, 9.17) is 11.6 Å². The van der Waals surface area contributed by atoms with Crippen molar-refractivity contribution in [3.63, 3.8) is 0 Å². The zero-order valence-corrected chi connectivity index (χ0v) is 9.40. The van der Waals surface area contributed by atoms with Gasteiger partial charge in [0.1, 0.15) is 5.88 Å². The Morgan fingerprint density at radius 1 is 1.36 bits per heavy atom. The predicted molar refractivity (Wildman–Crippen MR) is 60.0 cm³/mol. The summed E-state index contributed by atoms with van der Waals surface area (Å²) in [6.45, 7) is 6.01. The third kappa shape index (κ3) is 2.48. The first-order valence-corrected chi connectivity index (χ1v) is 5.01. The van der Waals surface area contributed by atoms with Crippen molar-refractivity contribution in [3.05, 3.63) is 28.8 Å². The average Bonchev–Trinajstić information content (AvgIpc) is 2.13. The minimum absolute atomic E-state index is 0.00751. The summed E-state index contributed by atoms with van der Waals surface area (Å²) < 4.78 is 0. The monoisotopic (exact) mass is 211 g/mol. The van der Waals surface area contributed by atoms with Crippen LogP contribution in [0.25, 0.3) is 0 Å². The number of alkyl halides is 1. The molecule has 0 saturated heterocycles. The predicted octanol–water partition coefficient (Wildman–Crippen LogP) is 2.79. The quantitative estimate of drug-likeness (QED) is 0.749. The van der Waals surface area contributed by atoms with Crippen molar-refractivity contribution in [1.82, 2.24) is 0 Å². The molecule has 0 aromatic heterocycles. The molecule has 0 fully saturated rings. The maximum Gasteiger partial charge on any atom is 0.239 e. The molecule has 0 atom stereocenters. The Hall–Kier alpha value is -1.02. The van der Waals surface area contributed by atoms with E-state index >= 15 is 0 Å². The molecule has 1 aromatic carbocycles. The number of hydrogen-bond donors (Lipinski definition) is 1. The second-order valence-electron chi connectivity index (χ2n) is 3.44. The Morgan fingerprint density at radius 3 is 2.57 bits per heavy atom. The molecule has 0 aliphatic heterocycles. The molecule has 0 aliphatic rings. The van der Waals surface area contributed by atoms with Crippen molar-refractivity contribution in [2.75, 3.05) is 11.2 Å². The summed E-state index contributed by atoms with van der Waals surface area (Å²) >= 11 is 5.42. The van der Waals surface area contributed by atoms with Gasteiger partial charge in [-0.1, -0.05) is 6.07 Å². The number of rotatable bonds is 2. The Bertz CT molecular complexity index is 361. The number of amides is 1. The van der Waals surface area contributed by atoms with Crippen LogP contribution in [0.4, 0.5) is 5.69 Å². The van der Waals surface area contributed by atoms with Gasteiger partial charge in [0.05, 0.1) is 0 Å². The van der Waals surface area contributed by atoms with Gasteiger partial charge in [-0.25, -0.2) is 0 Å². The Kier molecular flexibility index (Phi) is 3.53. The molecule has 1 N–H and O–H groups in total. The number of carbonyl (C=O) groups is 1. The van der Waals surface area contributed by atoms with Crippen molar-refractivity contribution in [1.29, 1.82) is 0 Å². The highest BCUT2D eigenvalue weighted by atomic mass is 35.5. The lowest BCUT2D eigenvalue weighted by Gasteiger charge is -2.10. The van der Waals surface area contributed by atoms with Gasteiger partial charge in [-0.3, -0.25) is 4.79 Å². The minimum atomic E-state index is -0.167. The first-order valence-electron chi connectivity index (χ1n) is 4.48. The Morgan fingerprint density at radius 2 is 2.00 bits per heavy atom. The number of benzene rings is 1. The van der Waals surface area contributed by atoms with Gasteiger partial charge in [0, 0.05) is 5.69 Å². The summed E-state index contributed by atoms with van der Waals surface area (Å²) in [7, 11) is 0. The average molecular weight is 212 g/mol. The van der Waals surface area contributed by atoms with Crippen LogP contribution >= 0.6 is 11.6 Å². The molecule has 1 amide bonds. The van der Waals surface area contributed by atoms with Crippen LogP contribution in [0.1, 0.15) is 16.7 Å². The molecule has 0 saturated carbocycles. The maximum absolute atomic E-state index is 11.1. The highest BCUT2D eigenvalue weighted by molar-refractivity contribution is 6.29. The highest BCUT2D eigenvalue weighted by Gasteiger charge is 2.05. The number of nitrogens with one attached hydrogen (secondary N) is 1. The SMILES string of the molecule is Cc1cc(C)c(C)c(NC(=O)CCl)c1. The van der Waals surface area contributed by atoms with Crippen LogP contribution in [-0.2, 0) is 4.79 Å². The maximum atomic E-state index is 11.1. The lowest BCUT2D eigenvalue weighted by Crippen LogP contribution is -2.13. The summed E-state index contributed by atoms with van der Waals surface area (Å²) in [6, 6.07) is 4.04. The lowest BCUT2D eigenvalue weighted by molar-refractivity contribution is -0.113. The van der Waals surface area contributed by atoms with Crippen LogP contribution < -0.4 is 5.32 Å². The van der Waals surface area contributed by atoms with Crippen LogP contribution in [0.15, 0.2) is 12.1 Å². The van der Waals surface area contributed by atoms with Crippen molar-refractivity contribution < 1.29 is 4.79 Å². The van der Waals surface area contributed by atoms with Crippen LogP contribution in [0.2, 0.25) is 0 Å². The number of aryl methyl sites for hydroxylation is 2. The fraction of sp³-hybridized carbons (Fsp3) is 0.364. The van der Waals surface area contributed by atoms with Crippen molar-refractivity contribution in [2.45, 2.75) is 20.8 Å². The normalized spacial score (nSPS) is 10.0. The molecule has 0 radical (unpaired) electrons. The molecular weight excluding hydrogens is 198 g/mol. The van der Waals surface area contributed by atoms with Gasteiger partial charge >= 0.3 is 0 Å². The lowest BCUT2D eigenvalue weighted by atomic mass is 10.0. The van der Waals surface area contributed by atoms with E-state index in [0.717, 1.165) is 16.8 Å². The van der Waals surface area contributed by atoms with Crippen LogP contribution in [0, 0.1) is 20.8 Å². The summed E-state index contributed by atoms with van der Waals surface area (Å²) in [5, 5.41) is 2.77. The molecule has 0 unspecified atom stereocenters. The van der Waals surface area contributed by atoms with Gasteiger partial charge < -0.3 is 5.32 Å². The molecule has 1 rings (SSSR count). The van der Waals surface area contributed by atoms with Crippen LogP contribution in [-0.4, -0.2) is 11.8 Å². The molecule has 0 spiro atoms. The standard InChI is InChI=1S/C11H14ClNO/c1-7-4-8(2)9(3)10(5-7)13-11(14)6-12/h4-5H,6H2,1-3H3,(H,13,14). The molecule has 76 valence electrons. The van der Waals surface area contributed by atoms with Gasteiger partial charge in [0.2, 0.25) is 5.91 Å². The molecule has 0 bridgehead atoms. The number of carbonyl (C=O) groups excluding carboxylic acids is 1. The highest BCUT2D eigenvalue weighted by Crippen LogP contribution is 2.20. The third-order valence-corrected chi connectivity index (χ3v) is 2.45. The molecule has 0 heterocycles. The first-order chi connectivity index (χ1) is 6.54. The van der Waals surface area contributed by atoms with Crippen molar-refractivity contribution in [2.24, 2.45) is 0 Å². The minimum Gasteiger partial charge on any atom is -0.325 e. The van der Waals surface area contributed by atoms with Gasteiger partial charge in [0.25, 0.3) is 0 Å².